The van der Waals surface area contributed by atoms with E-state index in [1.165, 1.54) is 12.1 Å². The SMILES string of the molecule is NCc1ccc(CNc2ccc(F)cc2)cn1. The van der Waals surface area contributed by atoms with E-state index >= 15 is 0 Å². The summed E-state index contributed by atoms with van der Waals surface area (Å²) < 4.78 is 12.7. The summed E-state index contributed by atoms with van der Waals surface area (Å²) in [5, 5.41) is 3.19. The Morgan fingerprint density at radius 2 is 1.88 bits per heavy atom. The minimum absolute atomic E-state index is 0.232. The number of aromatic nitrogens is 1. The number of benzene rings is 1. The minimum atomic E-state index is -0.232. The number of nitrogens with zero attached hydrogens (tertiary/aromatic N) is 1. The summed E-state index contributed by atoms with van der Waals surface area (Å²) in [6.45, 7) is 1.11. The van der Waals surface area contributed by atoms with Gasteiger partial charge >= 0.3 is 0 Å². The van der Waals surface area contributed by atoms with Crippen LogP contribution in [0, 0.1) is 5.82 Å². The van der Waals surface area contributed by atoms with Gasteiger partial charge in [0, 0.05) is 25.0 Å². The lowest BCUT2D eigenvalue weighted by molar-refractivity contribution is 0.628. The van der Waals surface area contributed by atoms with Gasteiger partial charge in [0.1, 0.15) is 5.82 Å². The maximum atomic E-state index is 12.7. The van der Waals surface area contributed by atoms with Crippen LogP contribution in [0.3, 0.4) is 0 Å². The van der Waals surface area contributed by atoms with E-state index in [9.17, 15) is 4.39 Å². The predicted molar refractivity (Wildman–Crippen MR) is 65.9 cm³/mol. The lowest BCUT2D eigenvalue weighted by Gasteiger charge is -2.06. The van der Waals surface area contributed by atoms with Crippen LogP contribution in [0.25, 0.3) is 0 Å². The number of rotatable bonds is 4. The van der Waals surface area contributed by atoms with Crippen LogP contribution in [-0.2, 0) is 13.1 Å². The van der Waals surface area contributed by atoms with Gasteiger partial charge in [0.05, 0.1) is 5.69 Å². The fourth-order valence-corrected chi connectivity index (χ4v) is 1.45. The fourth-order valence-electron chi connectivity index (χ4n) is 1.45. The van der Waals surface area contributed by atoms with Crippen molar-refractivity contribution in [1.82, 2.24) is 4.98 Å². The molecule has 0 saturated heterocycles. The van der Waals surface area contributed by atoms with Crippen molar-refractivity contribution in [1.29, 1.82) is 0 Å². The second kappa shape index (κ2) is 5.41. The zero-order valence-electron chi connectivity index (χ0n) is 9.36. The molecular formula is C13H14FN3. The van der Waals surface area contributed by atoms with Crippen molar-refractivity contribution >= 4 is 5.69 Å². The van der Waals surface area contributed by atoms with Crippen molar-refractivity contribution in [3.8, 4) is 0 Å². The van der Waals surface area contributed by atoms with Crippen LogP contribution in [0.5, 0.6) is 0 Å². The summed E-state index contributed by atoms with van der Waals surface area (Å²) in [4.78, 5) is 4.20. The largest absolute Gasteiger partial charge is 0.381 e. The van der Waals surface area contributed by atoms with E-state index in [1.807, 2.05) is 12.1 Å². The van der Waals surface area contributed by atoms with E-state index in [2.05, 4.69) is 10.3 Å². The summed E-state index contributed by atoms with van der Waals surface area (Å²) in [7, 11) is 0. The van der Waals surface area contributed by atoms with Crippen LogP contribution < -0.4 is 11.1 Å². The molecular weight excluding hydrogens is 217 g/mol. The summed E-state index contributed by atoms with van der Waals surface area (Å²) in [5.41, 5.74) is 8.28. The first-order valence-electron chi connectivity index (χ1n) is 5.41. The number of hydrogen-bond donors (Lipinski definition) is 2. The summed E-state index contributed by atoms with van der Waals surface area (Å²) >= 11 is 0. The Hall–Kier alpha value is -1.94. The Kier molecular flexibility index (Phi) is 3.67. The molecule has 3 N–H and O–H groups in total. The Morgan fingerprint density at radius 1 is 1.12 bits per heavy atom. The zero-order valence-corrected chi connectivity index (χ0v) is 9.36. The number of halogens is 1. The zero-order chi connectivity index (χ0) is 12.1. The molecule has 0 saturated carbocycles. The van der Waals surface area contributed by atoms with Crippen molar-refractivity contribution in [2.75, 3.05) is 5.32 Å². The lowest BCUT2D eigenvalue weighted by atomic mass is 10.2. The van der Waals surface area contributed by atoms with E-state index in [-0.39, 0.29) is 5.82 Å². The number of hydrogen-bond acceptors (Lipinski definition) is 3. The molecule has 0 amide bonds. The average molecular weight is 231 g/mol. The molecule has 0 aliphatic rings. The highest BCUT2D eigenvalue weighted by molar-refractivity contribution is 5.43. The highest BCUT2D eigenvalue weighted by Crippen LogP contribution is 2.10. The standard InChI is InChI=1S/C13H14FN3/c14-11-2-5-12(6-3-11)16-8-10-1-4-13(7-15)17-9-10/h1-6,9,16H,7-8,15H2. The molecule has 1 aromatic heterocycles. The molecule has 17 heavy (non-hydrogen) atoms. The van der Waals surface area contributed by atoms with Gasteiger partial charge in [-0.25, -0.2) is 4.39 Å². The van der Waals surface area contributed by atoms with Crippen LogP contribution in [0.1, 0.15) is 11.3 Å². The maximum absolute atomic E-state index is 12.7. The molecule has 1 aromatic carbocycles. The van der Waals surface area contributed by atoms with Gasteiger partial charge in [-0.2, -0.15) is 0 Å². The molecule has 0 aliphatic carbocycles. The van der Waals surface area contributed by atoms with Gasteiger partial charge in [-0.1, -0.05) is 6.07 Å². The van der Waals surface area contributed by atoms with Crippen LogP contribution in [0.15, 0.2) is 42.6 Å². The smallest absolute Gasteiger partial charge is 0.123 e. The first-order chi connectivity index (χ1) is 8.28. The monoisotopic (exact) mass is 231 g/mol. The molecule has 88 valence electrons. The highest BCUT2D eigenvalue weighted by Gasteiger charge is 1.96. The molecule has 0 spiro atoms. The first kappa shape index (κ1) is 11.5. The predicted octanol–water partition coefficient (Wildman–Crippen LogP) is 2.29. The Labute approximate surface area is 99.5 Å². The Morgan fingerprint density at radius 3 is 2.47 bits per heavy atom. The van der Waals surface area contributed by atoms with Crippen molar-refractivity contribution in [2.45, 2.75) is 13.1 Å². The maximum Gasteiger partial charge on any atom is 0.123 e. The quantitative estimate of drug-likeness (QED) is 0.848. The van der Waals surface area contributed by atoms with Crippen molar-refractivity contribution in [3.63, 3.8) is 0 Å². The van der Waals surface area contributed by atoms with Gasteiger partial charge in [0.25, 0.3) is 0 Å². The number of nitrogens with two attached hydrogens (primary N) is 1. The number of nitrogens with one attached hydrogen (secondary N) is 1. The van der Waals surface area contributed by atoms with Gasteiger partial charge in [0.2, 0.25) is 0 Å². The van der Waals surface area contributed by atoms with E-state index < -0.39 is 0 Å². The molecule has 0 atom stereocenters. The van der Waals surface area contributed by atoms with Gasteiger partial charge in [-0.05, 0) is 35.9 Å². The third-order valence-corrected chi connectivity index (χ3v) is 2.44. The molecule has 4 heteroatoms. The second-order valence-electron chi connectivity index (χ2n) is 3.72. The second-order valence-corrected chi connectivity index (χ2v) is 3.72. The van der Waals surface area contributed by atoms with Crippen LogP contribution >= 0.6 is 0 Å². The molecule has 3 nitrogen and oxygen atoms in total. The first-order valence-corrected chi connectivity index (χ1v) is 5.41. The molecule has 0 radical (unpaired) electrons. The van der Waals surface area contributed by atoms with Crippen LogP contribution in [-0.4, -0.2) is 4.98 Å². The summed E-state index contributed by atoms with van der Waals surface area (Å²) in [5.74, 6) is -0.232. The summed E-state index contributed by atoms with van der Waals surface area (Å²) in [6, 6.07) is 10.2. The highest BCUT2D eigenvalue weighted by atomic mass is 19.1. The normalized spacial score (nSPS) is 10.2. The van der Waals surface area contributed by atoms with Crippen molar-refractivity contribution in [3.05, 3.63) is 59.7 Å². The van der Waals surface area contributed by atoms with Crippen LogP contribution in [0.4, 0.5) is 10.1 Å². The molecule has 0 bridgehead atoms. The van der Waals surface area contributed by atoms with Crippen molar-refractivity contribution < 1.29 is 4.39 Å². The van der Waals surface area contributed by atoms with E-state index in [0.717, 1.165) is 16.9 Å². The van der Waals surface area contributed by atoms with Crippen molar-refractivity contribution in [2.24, 2.45) is 5.73 Å². The average Bonchev–Trinajstić information content (AvgIpc) is 2.39. The van der Waals surface area contributed by atoms with Crippen LogP contribution in [0.2, 0.25) is 0 Å². The van der Waals surface area contributed by atoms with E-state index in [0.29, 0.717) is 13.1 Å². The molecule has 2 rings (SSSR count). The van der Waals surface area contributed by atoms with Gasteiger partial charge in [-0.3, -0.25) is 4.98 Å². The summed E-state index contributed by atoms with van der Waals surface area (Å²) in [6.07, 6.45) is 1.79. The molecule has 1 heterocycles. The van der Waals surface area contributed by atoms with Gasteiger partial charge in [-0.15, -0.1) is 0 Å². The van der Waals surface area contributed by atoms with E-state index in [1.54, 1.807) is 18.3 Å². The third-order valence-electron chi connectivity index (χ3n) is 2.44. The number of anilines is 1. The lowest BCUT2D eigenvalue weighted by Crippen LogP contribution is -2.03. The Bertz CT molecular complexity index is 465. The van der Waals surface area contributed by atoms with E-state index in [4.69, 9.17) is 5.73 Å². The minimum Gasteiger partial charge on any atom is -0.381 e. The molecule has 2 aromatic rings. The fraction of sp³-hybridized carbons (Fsp3) is 0.154. The van der Waals surface area contributed by atoms with Gasteiger partial charge < -0.3 is 11.1 Å². The molecule has 0 fully saturated rings. The number of pyridine rings is 1. The van der Waals surface area contributed by atoms with Gasteiger partial charge in [0.15, 0.2) is 0 Å². The Balaban J connectivity index is 1.95. The topological polar surface area (TPSA) is 50.9 Å². The third kappa shape index (κ3) is 3.26. The molecule has 0 unspecified atom stereocenters. The molecule has 0 aliphatic heterocycles.